The maximum absolute atomic E-state index is 12.2. The van der Waals surface area contributed by atoms with Crippen molar-refractivity contribution in [2.24, 2.45) is 11.7 Å². The molecule has 36 heavy (non-hydrogen) atoms. The van der Waals surface area contributed by atoms with Crippen molar-refractivity contribution >= 4 is 34.7 Å². The molecule has 3 aromatic rings. The van der Waals surface area contributed by atoms with Crippen LogP contribution in [0.4, 0.5) is 5.82 Å². The topological polar surface area (TPSA) is 130 Å². The van der Waals surface area contributed by atoms with E-state index in [-0.39, 0.29) is 18.2 Å². The number of ether oxygens (including phenoxy) is 2. The summed E-state index contributed by atoms with van der Waals surface area (Å²) in [5.74, 6) is 0.378. The molecule has 10 nitrogen and oxygen atoms in total. The van der Waals surface area contributed by atoms with Crippen LogP contribution in [-0.2, 0) is 14.3 Å². The third-order valence-electron chi connectivity index (χ3n) is 7.19. The van der Waals surface area contributed by atoms with Gasteiger partial charge < -0.3 is 20.5 Å². The summed E-state index contributed by atoms with van der Waals surface area (Å²) < 4.78 is 14.1. The Morgan fingerprint density at radius 3 is 2.72 bits per heavy atom. The van der Waals surface area contributed by atoms with Gasteiger partial charge in [-0.1, -0.05) is 54.2 Å². The second kappa shape index (κ2) is 8.97. The Labute approximate surface area is 213 Å². The highest BCUT2D eigenvalue weighted by molar-refractivity contribution is 7.99. The fraction of sp³-hybridized carbons (Fsp3) is 0.560. The van der Waals surface area contributed by atoms with Crippen LogP contribution in [0.25, 0.3) is 11.2 Å². The number of nitrogens with two attached hydrogens (primary N) is 1. The van der Waals surface area contributed by atoms with Crippen LogP contribution >= 0.6 is 11.8 Å². The van der Waals surface area contributed by atoms with E-state index in [4.69, 9.17) is 25.2 Å². The van der Waals surface area contributed by atoms with E-state index in [2.05, 4.69) is 46.8 Å². The normalized spacial score (nSPS) is 30.4. The first-order chi connectivity index (χ1) is 17.3. The fourth-order valence-electron chi connectivity index (χ4n) is 5.46. The number of hydrogen-bond acceptors (Lipinski definition) is 9. The number of thioether (sulfide) groups is 1. The Morgan fingerprint density at radius 2 is 1.97 bits per heavy atom. The summed E-state index contributed by atoms with van der Waals surface area (Å²) in [5.41, 5.74) is 8.30. The Hall–Kier alpha value is -2.76. The van der Waals surface area contributed by atoms with Crippen LogP contribution in [0.3, 0.4) is 0 Å². The van der Waals surface area contributed by atoms with Gasteiger partial charge in [0, 0.05) is 17.7 Å². The molecule has 3 heterocycles. The molecule has 11 heteroatoms. The smallest absolute Gasteiger partial charge is 0.223 e. The first kappa shape index (κ1) is 23.6. The number of benzene rings is 1. The minimum absolute atomic E-state index is 0.274. The molecular weight excluding hydrogens is 478 g/mol. The number of amides is 1. The number of carbonyl (C=O) groups is 1. The fourth-order valence-corrected chi connectivity index (χ4v) is 6.16. The van der Waals surface area contributed by atoms with Crippen LogP contribution in [0.5, 0.6) is 0 Å². The van der Waals surface area contributed by atoms with Gasteiger partial charge in [0.25, 0.3) is 0 Å². The summed E-state index contributed by atoms with van der Waals surface area (Å²) in [6.07, 6.45) is 1.72. The molecule has 1 saturated heterocycles. The van der Waals surface area contributed by atoms with Gasteiger partial charge >= 0.3 is 0 Å². The lowest BCUT2D eigenvalue weighted by atomic mass is 10.1. The first-order valence-corrected chi connectivity index (χ1v) is 13.6. The van der Waals surface area contributed by atoms with E-state index in [9.17, 15) is 4.79 Å². The first-order valence-electron chi connectivity index (χ1n) is 12.6. The van der Waals surface area contributed by atoms with Gasteiger partial charge in [-0.15, -0.1) is 5.10 Å². The van der Waals surface area contributed by atoms with Crippen molar-refractivity contribution in [3.05, 3.63) is 35.9 Å². The Bertz CT molecular complexity index is 1280. The molecule has 6 atom stereocenters. The van der Waals surface area contributed by atoms with Gasteiger partial charge in [-0.05, 0) is 38.7 Å². The van der Waals surface area contributed by atoms with E-state index in [0.29, 0.717) is 34.5 Å². The standard InChI is InChI=1S/C25H31N7O3S/c1-4-10-36-24-28-22(27-16-11-14(16)13-8-6-5-7-9-13)18-23(29-24)32(31-30-18)17-12-15(21(26)33)19-20(17)35-25(2,3)34-19/h5-9,14-17,19-20H,4,10-12H2,1-3H3,(H2,26,33)(H,27,28,29)/t14-,15+,16+,17-,19-,20+/m0/s1. The van der Waals surface area contributed by atoms with E-state index in [1.54, 1.807) is 16.4 Å². The molecule has 3 aliphatic rings. The van der Waals surface area contributed by atoms with Crippen molar-refractivity contribution in [3.8, 4) is 0 Å². The van der Waals surface area contributed by atoms with Crippen molar-refractivity contribution in [2.45, 2.75) is 81.2 Å². The number of hydrogen-bond donors (Lipinski definition) is 2. The lowest BCUT2D eigenvalue weighted by molar-refractivity contribution is -0.162. The number of nitrogens with zero attached hydrogens (tertiary/aromatic N) is 5. The van der Waals surface area contributed by atoms with E-state index >= 15 is 0 Å². The molecule has 2 saturated carbocycles. The largest absolute Gasteiger partial charge is 0.369 e. The zero-order valence-electron chi connectivity index (χ0n) is 20.6. The van der Waals surface area contributed by atoms with Crippen LogP contribution < -0.4 is 11.1 Å². The van der Waals surface area contributed by atoms with Crippen LogP contribution in [-0.4, -0.2) is 60.7 Å². The van der Waals surface area contributed by atoms with Gasteiger partial charge in [-0.3, -0.25) is 4.79 Å². The highest BCUT2D eigenvalue weighted by Gasteiger charge is 2.57. The molecule has 0 unspecified atom stereocenters. The van der Waals surface area contributed by atoms with Crippen molar-refractivity contribution in [3.63, 3.8) is 0 Å². The number of aromatic nitrogens is 5. The van der Waals surface area contributed by atoms with Gasteiger partial charge in [0.15, 0.2) is 27.9 Å². The quantitative estimate of drug-likeness (QED) is 0.347. The van der Waals surface area contributed by atoms with Crippen molar-refractivity contribution in [1.82, 2.24) is 25.0 Å². The molecule has 0 spiro atoms. The average molecular weight is 510 g/mol. The van der Waals surface area contributed by atoms with Crippen molar-refractivity contribution in [2.75, 3.05) is 11.1 Å². The predicted molar refractivity (Wildman–Crippen MR) is 136 cm³/mol. The summed E-state index contributed by atoms with van der Waals surface area (Å²) in [7, 11) is 0. The molecule has 2 aromatic heterocycles. The predicted octanol–water partition coefficient (Wildman–Crippen LogP) is 3.26. The second-order valence-corrected chi connectivity index (χ2v) is 11.4. The lowest BCUT2D eigenvalue weighted by Gasteiger charge is -2.22. The Kier molecular flexibility index (Phi) is 5.88. The monoisotopic (exact) mass is 509 g/mol. The number of carbonyl (C=O) groups excluding carboxylic acids is 1. The highest BCUT2D eigenvalue weighted by Crippen LogP contribution is 2.48. The molecule has 0 radical (unpaired) electrons. The SMILES string of the molecule is CCCSc1nc(N[C@@H]2C[C@H]2c2ccccc2)c2nnn([C@H]3C[C@@H](C(N)=O)[C@@H]4OC(C)(C)O[C@@H]43)c2n1. The zero-order valence-corrected chi connectivity index (χ0v) is 21.4. The van der Waals surface area contributed by atoms with E-state index in [1.807, 2.05) is 19.9 Å². The van der Waals surface area contributed by atoms with Crippen LogP contribution in [0, 0.1) is 5.92 Å². The number of rotatable bonds is 8. The molecule has 3 fully saturated rings. The number of anilines is 1. The second-order valence-electron chi connectivity index (χ2n) is 10.3. The molecule has 1 aromatic carbocycles. The molecule has 0 bridgehead atoms. The highest BCUT2D eigenvalue weighted by atomic mass is 32.2. The van der Waals surface area contributed by atoms with Crippen LogP contribution in [0.15, 0.2) is 35.5 Å². The Morgan fingerprint density at radius 1 is 1.19 bits per heavy atom. The molecular formula is C25H31N7O3S. The number of nitrogens with one attached hydrogen (secondary N) is 1. The van der Waals surface area contributed by atoms with Crippen LogP contribution in [0.2, 0.25) is 0 Å². The van der Waals surface area contributed by atoms with Gasteiger partial charge in [-0.2, -0.15) is 0 Å². The third-order valence-corrected chi connectivity index (χ3v) is 8.25. The minimum Gasteiger partial charge on any atom is -0.369 e. The molecule has 1 aliphatic heterocycles. The average Bonchev–Trinajstić information content (AvgIpc) is 3.17. The van der Waals surface area contributed by atoms with Crippen LogP contribution in [0.1, 0.15) is 57.6 Å². The third kappa shape index (κ3) is 4.22. The molecule has 2 aliphatic carbocycles. The maximum Gasteiger partial charge on any atom is 0.223 e. The number of fused-ring (bicyclic) bond motifs is 2. The molecule has 190 valence electrons. The summed E-state index contributed by atoms with van der Waals surface area (Å²) in [6.45, 7) is 5.83. The minimum atomic E-state index is -0.805. The van der Waals surface area contributed by atoms with Gasteiger partial charge in [-0.25, -0.2) is 14.6 Å². The van der Waals surface area contributed by atoms with E-state index in [1.165, 1.54) is 5.56 Å². The molecule has 1 amide bonds. The van der Waals surface area contributed by atoms with Gasteiger partial charge in [0.2, 0.25) is 5.91 Å². The Balaban J connectivity index is 1.35. The maximum atomic E-state index is 12.2. The van der Waals surface area contributed by atoms with E-state index in [0.717, 1.165) is 18.6 Å². The molecule has 3 N–H and O–H groups in total. The summed E-state index contributed by atoms with van der Waals surface area (Å²) in [4.78, 5) is 21.9. The van der Waals surface area contributed by atoms with Crippen molar-refractivity contribution in [1.29, 1.82) is 0 Å². The van der Waals surface area contributed by atoms with Gasteiger partial charge in [0.1, 0.15) is 12.2 Å². The lowest BCUT2D eigenvalue weighted by Crippen LogP contribution is -2.34. The van der Waals surface area contributed by atoms with Gasteiger partial charge in [0.05, 0.1) is 12.0 Å². The summed E-state index contributed by atoms with van der Waals surface area (Å²) >= 11 is 1.61. The van der Waals surface area contributed by atoms with E-state index < -0.39 is 23.7 Å². The number of primary amides is 1. The zero-order chi connectivity index (χ0) is 25.0. The summed E-state index contributed by atoms with van der Waals surface area (Å²) in [5, 5.41) is 13.3. The molecule has 6 rings (SSSR count). The van der Waals surface area contributed by atoms with Crippen molar-refractivity contribution < 1.29 is 14.3 Å². The summed E-state index contributed by atoms with van der Waals surface area (Å²) in [6, 6.07) is 10.5.